The van der Waals surface area contributed by atoms with Crippen molar-refractivity contribution in [2.24, 2.45) is 0 Å². The lowest BCUT2D eigenvalue weighted by molar-refractivity contribution is 0.216. The van der Waals surface area contributed by atoms with Crippen LogP contribution in [0.1, 0.15) is 17.4 Å². The van der Waals surface area contributed by atoms with Gasteiger partial charge in [-0.25, -0.2) is 0 Å². The van der Waals surface area contributed by atoms with E-state index < -0.39 is 6.10 Å². The van der Waals surface area contributed by atoms with E-state index >= 15 is 0 Å². The van der Waals surface area contributed by atoms with Crippen LogP contribution in [0.15, 0.2) is 66.9 Å². The van der Waals surface area contributed by atoms with E-state index in [4.69, 9.17) is 0 Å². The average Bonchev–Trinajstić information content (AvgIpc) is 2.98. The first-order valence-corrected chi connectivity index (χ1v) is 6.18. The third kappa shape index (κ3) is 2.28. The number of aliphatic hydroxyl groups excluding tert-OH is 1. The SMILES string of the molecule is OC(c1ccccc1)c1[nH]ncc1-c1ccccc1. The van der Waals surface area contributed by atoms with Gasteiger partial charge < -0.3 is 5.11 Å². The second kappa shape index (κ2) is 5.08. The Labute approximate surface area is 111 Å². The summed E-state index contributed by atoms with van der Waals surface area (Å²) in [6.07, 6.45) is 1.05. The molecule has 0 radical (unpaired) electrons. The van der Waals surface area contributed by atoms with Crippen LogP contribution in [0.25, 0.3) is 11.1 Å². The molecule has 0 aliphatic heterocycles. The molecule has 2 aromatic carbocycles. The number of H-pyrrole nitrogens is 1. The van der Waals surface area contributed by atoms with Crippen LogP contribution in [0.3, 0.4) is 0 Å². The lowest BCUT2D eigenvalue weighted by atomic mass is 9.99. The molecule has 3 heteroatoms. The van der Waals surface area contributed by atoms with Gasteiger partial charge in [0.1, 0.15) is 6.10 Å². The monoisotopic (exact) mass is 250 g/mol. The lowest BCUT2D eigenvalue weighted by Gasteiger charge is -2.11. The lowest BCUT2D eigenvalue weighted by Crippen LogP contribution is -2.01. The summed E-state index contributed by atoms with van der Waals surface area (Å²) in [6, 6.07) is 19.5. The molecule has 3 aromatic rings. The summed E-state index contributed by atoms with van der Waals surface area (Å²) in [7, 11) is 0. The minimum atomic E-state index is -0.695. The normalized spacial score (nSPS) is 12.3. The first-order valence-electron chi connectivity index (χ1n) is 6.18. The largest absolute Gasteiger partial charge is 0.382 e. The van der Waals surface area contributed by atoms with E-state index in [9.17, 15) is 5.11 Å². The smallest absolute Gasteiger partial charge is 0.121 e. The molecule has 2 N–H and O–H groups in total. The maximum Gasteiger partial charge on any atom is 0.121 e. The third-order valence-electron chi connectivity index (χ3n) is 3.14. The highest BCUT2D eigenvalue weighted by Gasteiger charge is 2.17. The van der Waals surface area contributed by atoms with Crippen molar-refractivity contribution >= 4 is 0 Å². The minimum absolute atomic E-state index is 0.695. The van der Waals surface area contributed by atoms with E-state index in [0.717, 1.165) is 22.4 Å². The maximum atomic E-state index is 10.5. The summed E-state index contributed by atoms with van der Waals surface area (Å²) in [5.41, 5.74) is 3.54. The second-order valence-corrected chi connectivity index (χ2v) is 4.38. The summed E-state index contributed by atoms with van der Waals surface area (Å²) in [5, 5.41) is 17.4. The van der Waals surface area contributed by atoms with Gasteiger partial charge in [-0.05, 0) is 11.1 Å². The molecule has 0 amide bonds. The fraction of sp³-hybridized carbons (Fsp3) is 0.0625. The molecular weight excluding hydrogens is 236 g/mol. The first kappa shape index (κ1) is 11.7. The molecule has 1 aromatic heterocycles. The molecule has 0 saturated heterocycles. The molecule has 0 aliphatic rings. The molecule has 1 unspecified atom stereocenters. The van der Waals surface area contributed by atoms with Crippen molar-refractivity contribution < 1.29 is 5.11 Å². The van der Waals surface area contributed by atoms with Crippen LogP contribution in [0.2, 0.25) is 0 Å². The van der Waals surface area contributed by atoms with Crippen molar-refractivity contribution in [2.45, 2.75) is 6.10 Å². The Balaban J connectivity index is 2.01. The predicted octanol–water partition coefficient (Wildman–Crippen LogP) is 3.16. The van der Waals surface area contributed by atoms with E-state index in [1.165, 1.54) is 0 Å². The van der Waals surface area contributed by atoms with Gasteiger partial charge in [0.15, 0.2) is 0 Å². The summed E-state index contributed by atoms with van der Waals surface area (Å²) in [5.74, 6) is 0. The van der Waals surface area contributed by atoms with Crippen LogP contribution in [0.5, 0.6) is 0 Å². The van der Waals surface area contributed by atoms with Crippen LogP contribution < -0.4 is 0 Å². The minimum Gasteiger partial charge on any atom is -0.382 e. The molecule has 3 nitrogen and oxygen atoms in total. The Morgan fingerprint density at radius 1 is 0.895 bits per heavy atom. The standard InChI is InChI=1S/C16H14N2O/c19-16(13-9-5-2-6-10-13)15-14(11-17-18-15)12-7-3-1-4-8-12/h1-11,16,19H,(H,17,18). The van der Waals surface area contributed by atoms with Gasteiger partial charge in [0.05, 0.1) is 11.9 Å². The topological polar surface area (TPSA) is 48.9 Å². The van der Waals surface area contributed by atoms with Crippen molar-refractivity contribution in [3.63, 3.8) is 0 Å². The molecule has 3 rings (SSSR count). The fourth-order valence-electron chi connectivity index (χ4n) is 2.15. The van der Waals surface area contributed by atoms with Crippen LogP contribution in [0.4, 0.5) is 0 Å². The van der Waals surface area contributed by atoms with Gasteiger partial charge in [0, 0.05) is 5.56 Å². The van der Waals surface area contributed by atoms with E-state index in [-0.39, 0.29) is 0 Å². The Kier molecular flexibility index (Phi) is 3.12. The third-order valence-corrected chi connectivity index (χ3v) is 3.14. The highest BCUT2D eigenvalue weighted by atomic mass is 16.3. The zero-order valence-electron chi connectivity index (χ0n) is 10.3. The fourth-order valence-corrected chi connectivity index (χ4v) is 2.15. The number of hydrogen-bond donors (Lipinski definition) is 2. The number of aromatic nitrogens is 2. The molecule has 1 atom stereocenters. The molecule has 0 bridgehead atoms. The van der Waals surface area contributed by atoms with Gasteiger partial charge in [-0.15, -0.1) is 0 Å². The highest BCUT2D eigenvalue weighted by Crippen LogP contribution is 2.29. The van der Waals surface area contributed by atoms with Crippen molar-refractivity contribution in [1.29, 1.82) is 0 Å². The Hall–Kier alpha value is -2.39. The summed E-state index contributed by atoms with van der Waals surface area (Å²) >= 11 is 0. The number of aromatic amines is 1. The van der Waals surface area contributed by atoms with E-state index in [1.807, 2.05) is 60.7 Å². The van der Waals surface area contributed by atoms with E-state index in [1.54, 1.807) is 6.20 Å². The molecule has 1 heterocycles. The van der Waals surface area contributed by atoms with Crippen LogP contribution in [-0.4, -0.2) is 15.3 Å². The Morgan fingerprint density at radius 2 is 1.53 bits per heavy atom. The predicted molar refractivity (Wildman–Crippen MR) is 74.5 cm³/mol. The number of rotatable bonds is 3. The zero-order valence-corrected chi connectivity index (χ0v) is 10.3. The molecule has 0 fully saturated rings. The molecule has 94 valence electrons. The number of benzene rings is 2. The number of hydrogen-bond acceptors (Lipinski definition) is 2. The number of nitrogens with one attached hydrogen (secondary N) is 1. The quantitative estimate of drug-likeness (QED) is 0.750. The molecule has 0 spiro atoms. The Bertz CT molecular complexity index is 647. The van der Waals surface area contributed by atoms with Crippen LogP contribution in [0, 0.1) is 0 Å². The van der Waals surface area contributed by atoms with Crippen molar-refractivity contribution in [1.82, 2.24) is 10.2 Å². The van der Waals surface area contributed by atoms with Gasteiger partial charge >= 0.3 is 0 Å². The zero-order chi connectivity index (χ0) is 13.1. The van der Waals surface area contributed by atoms with Crippen LogP contribution >= 0.6 is 0 Å². The van der Waals surface area contributed by atoms with Crippen molar-refractivity contribution in [3.05, 3.63) is 78.1 Å². The first-order chi connectivity index (χ1) is 9.36. The molecule has 0 aliphatic carbocycles. The molecule has 19 heavy (non-hydrogen) atoms. The molecule has 0 saturated carbocycles. The maximum absolute atomic E-state index is 10.5. The highest BCUT2D eigenvalue weighted by molar-refractivity contribution is 5.66. The van der Waals surface area contributed by atoms with Gasteiger partial charge in [0.2, 0.25) is 0 Å². The van der Waals surface area contributed by atoms with Gasteiger partial charge in [-0.2, -0.15) is 5.10 Å². The summed E-state index contributed by atoms with van der Waals surface area (Å²) in [6.45, 7) is 0. The van der Waals surface area contributed by atoms with Gasteiger partial charge in [-0.1, -0.05) is 60.7 Å². The van der Waals surface area contributed by atoms with Crippen molar-refractivity contribution in [3.8, 4) is 11.1 Å². The number of aliphatic hydroxyl groups is 1. The van der Waals surface area contributed by atoms with E-state index in [0.29, 0.717) is 0 Å². The Morgan fingerprint density at radius 3 is 2.21 bits per heavy atom. The van der Waals surface area contributed by atoms with Crippen molar-refractivity contribution in [2.75, 3.05) is 0 Å². The summed E-state index contributed by atoms with van der Waals surface area (Å²) < 4.78 is 0. The number of nitrogens with zero attached hydrogens (tertiary/aromatic N) is 1. The molecular formula is C16H14N2O. The van der Waals surface area contributed by atoms with Gasteiger partial charge in [-0.3, -0.25) is 5.10 Å². The van der Waals surface area contributed by atoms with E-state index in [2.05, 4.69) is 10.2 Å². The van der Waals surface area contributed by atoms with Crippen LogP contribution in [-0.2, 0) is 0 Å². The summed E-state index contributed by atoms with van der Waals surface area (Å²) in [4.78, 5) is 0. The average molecular weight is 250 g/mol. The second-order valence-electron chi connectivity index (χ2n) is 4.38. The van der Waals surface area contributed by atoms with Gasteiger partial charge in [0.25, 0.3) is 0 Å².